The first kappa shape index (κ1) is 16.5. The molecule has 1 aromatic heterocycles. The molecule has 4 bridgehead atoms. The fourth-order valence-electron chi connectivity index (χ4n) is 5.75. The van der Waals surface area contributed by atoms with Gasteiger partial charge in [-0.15, -0.1) is 0 Å². The van der Waals surface area contributed by atoms with Crippen LogP contribution in [0.3, 0.4) is 0 Å². The fourth-order valence-corrected chi connectivity index (χ4v) is 5.75. The van der Waals surface area contributed by atoms with Gasteiger partial charge in [-0.3, -0.25) is 9.78 Å². The highest BCUT2D eigenvalue weighted by Crippen LogP contribution is 2.61. The minimum Gasteiger partial charge on any atom is -0.451 e. The van der Waals surface area contributed by atoms with Crippen LogP contribution < -0.4 is 5.32 Å². The number of carbonyl (C=O) groups excluding carboxylic acids is 2. The molecule has 0 radical (unpaired) electrons. The van der Waals surface area contributed by atoms with Crippen LogP contribution in [-0.2, 0) is 9.53 Å². The summed E-state index contributed by atoms with van der Waals surface area (Å²) < 4.78 is 5.06. The Morgan fingerprint density at radius 3 is 2.40 bits per heavy atom. The Morgan fingerprint density at radius 1 is 1.20 bits per heavy atom. The molecule has 1 aromatic rings. The van der Waals surface area contributed by atoms with E-state index in [1.54, 1.807) is 0 Å². The Balaban J connectivity index is 1.31. The van der Waals surface area contributed by atoms with Crippen molar-refractivity contribution in [3.05, 3.63) is 24.3 Å². The topological polar surface area (TPSA) is 81.2 Å². The number of nitrogens with one attached hydrogen (secondary N) is 1. The average molecular weight is 343 g/mol. The van der Waals surface area contributed by atoms with Crippen LogP contribution in [-0.4, -0.2) is 34.5 Å². The number of hydrogen-bond acceptors (Lipinski definition) is 5. The highest BCUT2D eigenvalue weighted by atomic mass is 16.5. The average Bonchev–Trinajstić information content (AvgIpc) is 2.59. The second-order valence-electron chi connectivity index (χ2n) is 8.24. The van der Waals surface area contributed by atoms with Crippen LogP contribution in [0.2, 0.25) is 0 Å². The van der Waals surface area contributed by atoms with Gasteiger partial charge in [0.1, 0.15) is 0 Å². The maximum atomic E-state index is 12.3. The number of ether oxygens (including phenoxy) is 1. The van der Waals surface area contributed by atoms with Crippen LogP contribution in [0.5, 0.6) is 0 Å². The van der Waals surface area contributed by atoms with Crippen molar-refractivity contribution in [3.8, 4) is 0 Å². The van der Waals surface area contributed by atoms with E-state index in [1.165, 1.54) is 57.1 Å². The summed E-state index contributed by atoms with van der Waals surface area (Å²) in [6.07, 6.45) is 12.1. The van der Waals surface area contributed by atoms with E-state index in [-0.39, 0.29) is 29.7 Å². The van der Waals surface area contributed by atoms with Gasteiger partial charge in [0.2, 0.25) is 0 Å². The van der Waals surface area contributed by atoms with Crippen LogP contribution in [0.4, 0.5) is 0 Å². The SMILES string of the molecule is C[C@H](NC(=O)COC(=O)c1cnccn1)C12CC3CC(CC(C3)C1)C2. The van der Waals surface area contributed by atoms with E-state index in [4.69, 9.17) is 4.74 Å². The molecule has 4 fully saturated rings. The van der Waals surface area contributed by atoms with Crippen molar-refractivity contribution < 1.29 is 14.3 Å². The molecule has 0 aliphatic heterocycles. The number of esters is 1. The van der Waals surface area contributed by atoms with Gasteiger partial charge in [0.25, 0.3) is 5.91 Å². The van der Waals surface area contributed by atoms with Crippen molar-refractivity contribution >= 4 is 11.9 Å². The van der Waals surface area contributed by atoms with E-state index < -0.39 is 5.97 Å². The Bertz CT molecular complexity index is 626. The third-order valence-electron chi connectivity index (χ3n) is 6.49. The van der Waals surface area contributed by atoms with Gasteiger partial charge in [0.15, 0.2) is 12.3 Å². The molecule has 1 amide bonds. The van der Waals surface area contributed by atoms with E-state index >= 15 is 0 Å². The Labute approximate surface area is 147 Å². The van der Waals surface area contributed by atoms with E-state index in [0.717, 1.165) is 17.8 Å². The number of amides is 1. The van der Waals surface area contributed by atoms with Gasteiger partial charge >= 0.3 is 5.97 Å². The summed E-state index contributed by atoms with van der Waals surface area (Å²) in [5.41, 5.74) is 0.365. The number of rotatable bonds is 5. The van der Waals surface area contributed by atoms with Gasteiger partial charge in [-0.2, -0.15) is 0 Å². The molecule has 1 atom stereocenters. The van der Waals surface area contributed by atoms with Crippen molar-refractivity contribution in [1.82, 2.24) is 15.3 Å². The second-order valence-corrected chi connectivity index (χ2v) is 8.24. The molecule has 134 valence electrons. The van der Waals surface area contributed by atoms with Crippen molar-refractivity contribution in [2.45, 2.75) is 51.5 Å². The number of aromatic nitrogens is 2. The van der Waals surface area contributed by atoms with Crippen LogP contribution in [0.1, 0.15) is 55.9 Å². The lowest BCUT2D eigenvalue weighted by Gasteiger charge is -2.59. The second kappa shape index (κ2) is 6.39. The van der Waals surface area contributed by atoms with Gasteiger partial charge < -0.3 is 10.1 Å². The largest absolute Gasteiger partial charge is 0.451 e. The molecule has 0 saturated heterocycles. The predicted molar refractivity (Wildman–Crippen MR) is 90.5 cm³/mol. The van der Waals surface area contributed by atoms with Crippen molar-refractivity contribution in [1.29, 1.82) is 0 Å². The lowest BCUT2D eigenvalue weighted by Crippen LogP contribution is -2.56. The molecule has 0 aromatic carbocycles. The minimum absolute atomic E-state index is 0.115. The number of hydrogen-bond donors (Lipinski definition) is 1. The highest BCUT2D eigenvalue weighted by molar-refractivity contribution is 5.89. The van der Waals surface area contributed by atoms with Gasteiger partial charge in [-0.05, 0) is 68.6 Å². The quantitative estimate of drug-likeness (QED) is 0.830. The molecule has 6 heteroatoms. The zero-order valence-corrected chi connectivity index (χ0v) is 14.6. The third-order valence-corrected chi connectivity index (χ3v) is 6.49. The van der Waals surface area contributed by atoms with E-state index in [9.17, 15) is 9.59 Å². The van der Waals surface area contributed by atoms with E-state index in [1.807, 2.05) is 0 Å². The van der Waals surface area contributed by atoms with Gasteiger partial charge in [0, 0.05) is 18.4 Å². The predicted octanol–water partition coefficient (Wildman–Crippen LogP) is 2.35. The van der Waals surface area contributed by atoms with E-state index in [0.29, 0.717) is 0 Å². The standard InChI is InChI=1S/C19H25N3O3/c1-12(19-7-13-4-14(8-19)6-15(5-13)9-19)22-17(23)11-25-18(24)16-10-20-2-3-21-16/h2-3,10,12-15H,4-9,11H2,1H3,(H,22,23)/t12-,13?,14?,15?,19?/m0/s1. The molecule has 4 aliphatic rings. The fraction of sp³-hybridized carbons (Fsp3) is 0.684. The summed E-state index contributed by atoms with van der Waals surface area (Å²) in [4.78, 5) is 31.8. The van der Waals surface area contributed by atoms with Crippen LogP contribution in [0, 0.1) is 23.2 Å². The summed E-state index contributed by atoms with van der Waals surface area (Å²) >= 11 is 0. The lowest BCUT2D eigenvalue weighted by atomic mass is 9.48. The number of carbonyl (C=O) groups is 2. The highest BCUT2D eigenvalue weighted by Gasteiger charge is 2.53. The molecule has 6 nitrogen and oxygen atoms in total. The summed E-state index contributed by atoms with van der Waals surface area (Å²) in [5, 5.41) is 3.09. The lowest BCUT2D eigenvalue weighted by molar-refractivity contribution is -0.128. The van der Waals surface area contributed by atoms with Crippen molar-refractivity contribution in [2.75, 3.05) is 6.61 Å². The van der Waals surface area contributed by atoms with Crippen LogP contribution >= 0.6 is 0 Å². The Hall–Kier alpha value is -1.98. The first-order valence-corrected chi connectivity index (χ1v) is 9.26. The summed E-state index contributed by atoms with van der Waals surface area (Å²) in [6.45, 7) is 1.85. The van der Waals surface area contributed by atoms with E-state index in [2.05, 4.69) is 22.2 Å². The molecular formula is C19H25N3O3. The molecule has 0 unspecified atom stereocenters. The third kappa shape index (κ3) is 3.26. The van der Waals surface area contributed by atoms with Gasteiger partial charge in [-0.25, -0.2) is 9.78 Å². The smallest absolute Gasteiger partial charge is 0.359 e. The molecule has 4 saturated carbocycles. The first-order chi connectivity index (χ1) is 12.0. The van der Waals surface area contributed by atoms with Crippen molar-refractivity contribution in [3.63, 3.8) is 0 Å². The molecule has 5 rings (SSSR count). The first-order valence-electron chi connectivity index (χ1n) is 9.26. The molecule has 1 heterocycles. The molecule has 25 heavy (non-hydrogen) atoms. The minimum atomic E-state index is -0.620. The monoisotopic (exact) mass is 343 g/mol. The summed E-state index contributed by atoms with van der Waals surface area (Å²) in [5.74, 6) is 1.69. The molecule has 0 spiro atoms. The molecule has 4 aliphatic carbocycles. The Kier molecular flexibility index (Phi) is 4.21. The maximum Gasteiger partial charge on any atom is 0.359 e. The van der Waals surface area contributed by atoms with Gasteiger partial charge in [-0.1, -0.05) is 0 Å². The zero-order valence-electron chi connectivity index (χ0n) is 14.6. The van der Waals surface area contributed by atoms with Gasteiger partial charge in [0.05, 0.1) is 6.20 Å². The summed E-state index contributed by atoms with van der Waals surface area (Å²) in [6, 6.07) is 0.128. The normalized spacial score (nSPS) is 33.7. The maximum absolute atomic E-state index is 12.3. The van der Waals surface area contributed by atoms with Crippen LogP contribution in [0.15, 0.2) is 18.6 Å². The molecule has 1 N–H and O–H groups in total. The number of nitrogens with zero attached hydrogens (tertiary/aromatic N) is 2. The summed E-state index contributed by atoms with van der Waals surface area (Å²) in [7, 11) is 0. The zero-order chi connectivity index (χ0) is 17.4. The van der Waals surface area contributed by atoms with Crippen molar-refractivity contribution in [2.24, 2.45) is 23.2 Å². The molecular weight excluding hydrogens is 318 g/mol. The van der Waals surface area contributed by atoms with Crippen LogP contribution in [0.25, 0.3) is 0 Å². The Morgan fingerprint density at radius 2 is 1.84 bits per heavy atom.